The number of ether oxygens (including phenoxy) is 3. The summed E-state index contributed by atoms with van der Waals surface area (Å²) < 4.78 is 31.2. The van der Waals surface area contributed by atoms with E-state index in [0.717, 1.165) is 22.9 Å². The number of halogens is 2. The summed E-state index contributed by atoms with van der Waals surface area (Å²) in [5, 5.41) is 0. The molecule has 2 atom stereocenters. The molecule has 1 amide bonds. The number of amides is 1. The van der Waals surface area contributed by atoms with Gasteiger partial charge in [-0.1, -0.05) is 35.3 Å². The second kappa shape index (κ2) is 12.1. The van der Waals surface area contributed by atoms with Crippen LogP contribution in [0.2, 0.25) is 0 Å². The van der Waals surface area contributed by atoms with Crippen LogP contribution in [0.25, 0.3) is 0 Å². The summed E-state index contributed by atoms with van der Waals surface area (Å²) in [5.74, 6) is 0.522. The third kappa shape index (κ3) is 6.20. The summed E-state index contributed by atoms with van der Waals surface area (Å²) in [7, 11) is 1.57. The number of methoxy groups -OCH3 is 1. The first-order valence-electron chi connectivity index (χ1n) is 12.0. The number of hydrogen-bond acceptors (Lipinski definition) is 5. The van der Waals surface area contributed by atoms with Gasteiger partial charge < -0.3 is 14.2 Å². The second-order valence-electron chi connectivity index (χ2n) is 8.48. The molecule has 1 saturated heterocycles. The van der Waals surface area contributed by atoms with Crippen LogP contribution in [0.1, 0.15) is 41.7 Å². The van der Waals surface area contributed by atoms with Crippen LogP contribution in [0.4, 0.5) is 14.9 Å². The molecule has 0 unspecified atom stereocenters. The van der Waals surface area contributed by atoms with Crippen molar-refractivity contribution in [3.63, 3.8) is 0 Å². The van der Waals surface area contributed by atoms with E-state index in [0.29, 0.717) is 29.4 Å². The summed E-state index contributed by atoms with van der Waals surface area (Å²) >= 11 is 3.51. The maximum absolute atomic E-state index is 13.3. The summed E-state index contributed by atoms with van der Waals surface area (Å²) in [6.45, 7) is 2.60. The van der Waals surface area contributed by atoms with E-state index < -0.39 is 24.1 Å². The molecule has 3 aromatic carbocycles. The fourth-order valence-corrected chi connectivity index (χ4v) is 4.40. The molecular formula is C29H27BrFNO5. The van der Waals surface area contributed by atoms with Gasteiger partial charge in [0.15, 0.2) is 5.78 Å². The minimum Gasteiger partial charge on any atom is -0.497 e. The normalized spacial score (nSPS) is 17.2. The van der Waals surface area contributed by atoms with Crippen LogP contribution in [0.5, 0.6) is 11.5 Å². The Balaban J connectivity index is 1.73. The van der Waals surface area contributed by atoms with Gasteiger partial charge in [-0.25, -0.2) is 9.18 Å². The van der Waals surface area contributed by atoms with E-state index >= 15 is 0 Å². The number of ketones is 1. The van der Waals surface area contributed by atoms with Crippen LogP contribution in [-0.2, 0) is 4.74 Å². The zero-order chi connectivity index (χ0) is 26.4. The number of cyclic esters (lactones) is 1. The van der Waals surface area contributed by atoms with Gasteiger partial charge in [-0.15, -0.1) is 0 Å². The molecule has 0 saturated carbocycles. The third-order valence-corrected chi connectivity index (χ3v) is 6.48. The Labute approximate surface area is 223 Å². The highest BCUT2D eigenvalue weighted by Gasteiger charge is 2.44. The molecular weight excluding hydrogens is 541 g/mol. The SMILES string of the molecule is CCCCOc1cc(Br)ccc1[C@@H]1[C@@H](/C=C/C(=O)c2ccc(F)cc2)OC(=O)N1c1ccc(OC)cc1. The number of allylic oxidation sites excluding steroid dienone is 1. The van der Waals surface area contributed by atoms with Crippen molar-refractivity contribution >= 4 is 33.5 Å². The smallest absolute Gasteiger partial charge is 0.415 e. The van der Waals surface area contributed by atoms with Crippen molar-refractivity contribution in [1.82, 2.24) is 0 Å². The predicted octanol–water partition coefficient (Wildman–Crippen LogP) is 7.28. The Morgan fingerprint density at radius 3 is 2.51 bits per heavy atom. The quantitative estimate of drug-likeness (QED) is 0.146. The van der Waals surface area contributed by atoms with Gasteiger partial charge in [-0.05, 0) is 79.2 Å². The minimum atomic E-state index is -0.784. The van der Waals surface area contributed by atoms with Gasteiger partial charge in [-0.3, -0.25) is 9.69 Å². The molecule has 4 rings (SSSR count). The third-order valence-electron chi connectivity index (χ3n) is 5.99. The van der Waals surface area contributed by atoms with E-state index in [1.807, 2.05) is 18.2 Å². The van der Waals surface area contributed by atoms with Gasteiger partial charge in [0.2, 0.25) is 0 Å². The number of benzene rings is 3. The van der Waals surface area contributed by atoms with E-state index in [9.17, 15) is 14.0 Å². The molecule has 1 heterocycles. The number of unbranched alkanes of at least 4 members (excludes halogenated alkanes) is 1. The topological polar surface area (TPSA) is 65.1 Å². The van der Waals surface area contributed by atoms with E-state index in [-0.39, 0.29) is 5.78 Å². The van der Waals surface area contributed by atoms with E-state index in [2.05, 4.69) is 22.9 Å². The van der Waals surface area contributed by atoms with Crippen LogP contribution < -0.4 is 14.4 Å². The maximum atomic E-state index is 13.3. The van der Waals surface area contributed by atoms with E-state index in [1.54, 1.807) is 42.4 Å². The summed E-state index contributed by atoms with van der Waals surface area (Å²) in [6.07, 6.45) is 3.43. The largest absolute Gasteiger partial charge is 0.497 e. The Hall–Kier alpha value is -3.65. The molecule has 0 radical (unpaired) electrons. The van der Waals surface area contributed by atoms with Gasteiger partial charge in [0.05, 0.1) is 13.7 Å². The average Bonchev–Trinajstić information content (AvgIpc) is 3.23. The summed E-state index contributed by atoms with van der Waals surface area (Å²) in [6, 6.07) is 17.4. The highest BCUT2D eigenvalue weighted by molar-refractivity contribution is 9.10. The second-order valence-corrected chi connectivity index (χ2v) is 9.39. The zero-order valence-corrected chi connectivity index (χ0v) is 22.1. The fraction of sp³-hybridized carbons (Fsp3) is 0.241. The molecule has 37 heavy (non-hydrogen) atoms. The predicted molar refractivity (Wildman–Crippen MR) is 143 cm³/mol. The number of nitrogens with zero attached hydrogens (tertiary/aromatic N) is 1. The lowest BCUT2D eigenvalue weighted by atomic mass is 9.98. The first-order valence-corrected chi connectivity index (χ1v) is 12.7. The first-order chi connectivity index (χ1) is 17.9. The van der Waals surface area contributed by atoms with E-state index in [1.165, 1.54) is 30.3 Å². The van der Waals surface area contributed by atoms with Crippen LogP contribution in [0, 0.1) is 5.82 Å². The summed E-state index contributed by atoms with van der Waals surface area (Å²) in [4.78, 5) is 27.5. The fourth-order valence-electron chi connectivity index (χ4n) is 4.06. The molecule has 6 nitrogen and oxygen atoms in total. The number of anilines is 1. The lowest BCUT2D eigenvalue weighted by Crippen LogP contribution is -2.29. The van der Waals surface area contributed by atoms with Crippen LogP contribution in [0.15, 0.2) is 83.4 Å². The summed E-state index contributed by atoms with van der Waals surface area (Å²) in [5.41, 5.74) is 1.68. The zero-order valence-electron chi connectivity index (χ0n) is 20.5. The van der Waals surface area contributed by atoms with Crippen molar-refractivity contribution in [2.45, 2.75) is 31.9 Å². The Morgan fingerprint density at radius 2 is 1.84 bits per heavy atom. The van der Waals surface area contributed by atoms with Crippen LogP contribution >= 0.6 is 15.9 Å². The number of carbonyl (C=O) groups is 2. The van der Waals surface area contributed by atoms with Gasteiger partial charge in [-0.2, -0.15) is 0 Å². The monoisotopic (exact) mass is 567 g/mol. The molecule has 8 heteroatoms. The van der Waals surface area contributed by atoms with Crippen molar-refractivity contribution in [2.75, 3.05) is 18.6 Å². The lowest BCUT2D eigenvalue weighted by Gasteiger charge is -2.26. The minimum absolute atomic E-state index is 0.326. The Kier molecular flexibility index (Phi) is 8.61. The molecule has 0 spiro atoms. The molecule has 1 fully saturated rings. The van der Waals surface area contributed by atoms with E-state index in [4.69, 9.17) is 14.2 Å². The van der Waals surface area contributed by atoms with Gasteiger partial charge in [0.25, 0.3) is 0 Å². The Bertz CT molecular complexity index is 1280. The van der Waals surface area contributed by atoms with Gasteiger partial charge in [0, 0.05) is 21.3 Å². The molecule has 0 aliphatic carbocycles. The van der Waals surface area contributed by atoms with Crippen molar-refractivity contribution in [2.24, 2.45) is 0 Å². The molecule has 3 aromatic rings. The number of hydrogen-bond donors (Lipinski definition) is 0. The molecule has 0 aromatic heterocycles. The highest BCUT2D eigenvalue weighted by Crippen LogP contribution is 2.42. The lowest BCUT2D eigenvalue weighted by molar-refractivity contribution is 0.104. The van der Waals surface area contributed by atoms with Crippen molar-refractivity contribution in [1.29, 1.82) is 0 Å². The van der Waals surface area contributed by atoms with Crippen molar-refractivity contribution in [3.8, 4) is 11.5 Å². The first kappa shape index (κ1) is 26.4. The highest BCUT2D eigenvalue weighted by atomic mass is 79.9. The van der Waals surface area contributed by atoms with Crippen molar-refractivity contribution in [3.05, 3.63) is 100 Å². The van der Waals surface area contributed by atoms with Crippen LogP contribution in [0.3, 0.4) is 0 Å². The molecule has 1 aliphatic heterocycles. The number of rotatable bonds is 10. The van der Waals surface area contributed by atoms with Gasteiger partial charge >= 0.3 is 6.09 Å². The molecule has 0 N–H and O–H groups in total. The van der Waals surface area contributed by atoms with Crippen molar-refractivity contribution < 1.29 is 28.2 Å². The Morgan fingerprint density at radius 1 is 1.11 bits per heavy atom. The van der Waals surface area contributed by atoms with Crippen LogP contribution in [-0.4, -0.2) is 31.7 Å². The standard InChI is InChI=1S/C29H27BrFNO5/c1-3-4-17-36-27-18-20(30)7-14-24(27)28-26(16-15-25(33)19-5-8-21(31)9-6-19)37-29(34)32(28)22-10-12-23(35-2)13-11-22/h5-16,18,26,28H,3-4,17H2,1-2H3/b16-15+/t26-,28-/m1/s1. The average molecular weight is 568 g/mol. The molecule has 192 valence electrons. The molecule has 0 bridgehead atoms. The maximum Gasteiger partial charge on any atom is 0.415 e. The molecule has 1 aliphatic rings. The van der Waals surface area contributed by atoms with Gasteiger partial charge in [0.1, 0.15) is 29.5 Å². The number of carbonyl (C=O) groups excluding carboxylic acids is 2.